The van der Waals surface area contributed by atoms with Gasteiger partial charge in [-0.25, -0.2) is 0 Å². The highest BCUT2D eigenvalue weighted by molar-refractivity contribution is 5.85. The number of carbonyl (C=O) groups is 2. The zero-order valence-electron chi connectivity index (χ0n) is 13.5. The van der Waals surface area contributed by atoms with Crippen LogP contribution in [0.3, 0.4) is 0 Å². The molecule has 0 N–H and O–H groups in total. The van der Waals surface area contributed by atoms with E-state index in [1.165, 1.54) is 4.90 Å². The molecule has 3 aliphatic heterocycles. The molecule has 6 nitrogen and oxygen atoms in total. The van der Waals surface area contributed by atoms with Crippen LogP contribution in [0.4, 0.5) is 0 Å². The van der Waals surface area contributed by atoms with Crippen molar-refractivity contribution in [3.8, 4) is 0 Å². The summed E-state index contributed by atoms with van der Waals surface area (Å²) in [4.78, 5) is 28.4. The van der Waals surface area contributed by atoms with Crippen LogP contribution in [0.1, 0.15) is 38.5 Å². The maximum atomic E-state index is 12.9. The van der Waals surface area contributed by atoms with E-state index in [-0.39, 0.29) is 17.4 Å². The summed E-state index contributed by atoms with van der Waals surface area (Å²) in [5.74, 6) is 0.00659. The number of likely N-dealkylation sites (N-methyl/N-ethyl adjacent to an activating group) is 1. The first-order chi connectivity index (χ1) is 10.5. The maximum Gasteiger partial charge on any atom is 0.252 e. The lowest BCUT2D eigenvalue weighted by Gasteiger charge is -2.44. The van der Waals surface area contributed by atoms with Crippen LogP contribution in [-0.4, -0.2) is 73.2 Å². The molecule has 0 saturated carbocycles. The third-order valence-electron chi connectivity index (χ3n) is 5.21. The second kappa shape index (κ2) is 6.16. The summed E-state index contributed by atoms with van der Waals surface area (Å²) in [5.41, 5.74) is -0.123. The molecular weight excluding hydrogens is 284 g/mol. The van der Waals surface area contributed by atoms with Gasteiger partial charge in [0.2, 0.25) is 0 Å². The van der Waals surface area contributed by atoms with Gasteiger partial charge in [-0.1, -0.05) is 0 Å². The molecule has 3 saturated heterocycles. The summed E-state index contributed by atoms with van der Waals surface area (Å²) >= 11 is 0. The molecule has 124 valence electrons. The van der Waals surface area contributed by atoms with Crippen molar-refractivity contribution < 1.29 is 19.1 Å². The van der Waals surface area contributed by atoms with E-state index < -0.39 is 12.2 Å². The van der Waals surface area contributed by atoms with Gasteiger partial charge >= 0.3 is 0 Å². The Balaban J connectivity index is 1.67. The Kier molecular flexibility index (Phi) is 4.41. The Hall–Kier alpha value is -1.14. The maximum absolute atomic E-state index is 12.9. The van der Waals surface area contributed by atoms with Crippen LogP contribution in [-0.2, 0) is 19.1 Å². The van der Waals surface area contributed by atoms with Gasteiger partial charge in [0, 0.05) is 27.2 Å². The average Bonchev–Trinajstić information content (AvgIpc) is 3.16. The van der Waals surface area contributed by atoms with Crippen molar-refractivity contribution in [1.29, 1.82) is 0 Å². The highest BCUT2D eigenvalue weighted by Gasteiger charge is 2.47. The Labute approximate surface area is 131 Å². The van der Waals surface area contributed by atoms with E-state index in [9.17, 15) is 9.59 Å². The molecule has 3 heterocycles. The number of amides is 2. The first kappa shape index (κ1) is 15.7. The number of ether oxygens (including phenoxy) is 2. The molecule has 3 rings (SSSR count). The summed E-state index contributed by atoms with van der Waals surface area (Å²) in [6.45, 7) is 2.16. The van der Waals surface area contributed by atoms with Crippen LogP contribution in [0.15, 0.2) is 0 Å². The second-order valence-electron chi connectivity index (χ2n) is 6.90. The molecule has 1 spiro atoms. The van der Waals surface area contributed by atoms with Gasteiger partial charge in [-0.15, -0.1) is 0 Å². The van der Waals surface area contributed by atoms with Crippen LogP contribution in [0.5, 0.6) is 0 Å². The Morgan fingerprint density at radius 1 is 1.14 bits per heavy atom. The monoisotopic (exact) mass is 310 g/mol. The highest BCUT2D eigenvalue weighted by atomic mass is 16.5. The van der Waals surface area contributed by atoms with Gasteiger partial charge in [-0.05, 0) is 38.5 Å². The van der Waals surface area contributed by atoms with E-state index >= 15 is 0 Å². The molecule has 0 radical (unpaired) electrons. The van der Waals surface area contributed by atoms with Gasteiger partial charge in [0.1, 0.15) is 12.2 Å². The molecule has 6 heteroatoms. The molecule has 2 amide bonds. The molecule has 3 atom stereocenters. The lowest BCUT2D eigenvalue weighted by Crippen LogP contribution is -2.57. The van der Waals surface area contributed by atoms with Gasteiger partial charge < -0.3 is 19.3 Å². The molecule has 0 aromatic rings. The lowest BCUT2D eigenvalue weighted by atomic mass is 9.85. The minimum absolute atomic E-state index is 0.0483. The van der Waals surface area contributed by atoms with Gasteiger partial charge in [0.15, 0.2) is 0 Å². The molecule has 3 fully saturated rings. The highest BCUT2D eigenvalue weighted by Crippen LogP contribution is 2.37. The molecule has 0 aliphatic carbocycles. The van der Waals surface area contributed by atoms with E-state index in [2.05, 4.69) is 0 Å². The SMILES string of the molecule is CN(C)C(=O)[C@@H]1CC[C@H](C(=O)N2CCCCC23CCOC3)O1. The third-order valence-corrected chi connectivity index (χ3v) is 5.21. The standard InChI is InChI=1S/C16H26N2O4/c1-17(2)14(19)12-5-6-13(22-12)15(20)18-9-4-3-7-16(18)8-10-21-11-16/h12-13H,3-11H2,1-2H3/t12-,13+,16?/m0/s1. The summed E-state index contributed by atoms with van der Waals surface area (Å²) in [6, 6.07) is 0. The molecule has 0 aromatic heterocycles. The summed E-state index contributed by atoms with van der Waals surface area (Å²) in [6.07, 6.45) is 4.47. The van der Waals surface area contributed by atoms with Crippen LogP contribution in [0, 0.1) is 0 Å². The zero-order chi connectivity index (χ0) is 15.7. The Morgan fingerprint density at radius 2 is 1.91 bits per heavy atom. The van der Waals surface area contributed by atoms with E-state index in [4.69, 9.17) is 9.47 Å². The molecule has 0 aromatic carbocycles. The normalized spacial score (nSPS) is 35.1. The first-order valence-electron chi connectivity index (χ1n) is 8.29. The fourth-order valence-corrected chi connectivity index (χ4v) is 3.91. The van der Waals surface area contributed by atoms with Gasteiger partial charge in [-0.3, -0.25) is 9.59 Å². The third kappa shape index (κ3) is 2.74. The minimum Gasteiger partial charge on any atom is -0.379 e. The number of nitrogens with zero attached hydrogens (tertiary/aromatic N) is 2. The van der Waals surface area contributed by atoms with Crippen LogP contribution < -0.4 is 0 Å². The average molecular weight is 310 g/mol. The number of carbonyl (C=O) groups excluding carboxylic acids is 2. The largest absolute Gasteiger partial charge is 0.379 e. The van der Waals surface area contributed by atoms with Crippen molar-refractivity contribution in [1.82, 2.24) is 9.80 Å². The fraction of sp³-hybridized carbons (Fsp3) is 0.875. The zero-order valence-corrected chi connectivity index (χ0v) is 13.5. The topological polar surface area (TPSA) is 59.1 Å². The Bertz CT molecular complexity index is 445. The predicted molar refractivity (Wildman–Crippen MR) is 80.3 cm³/mol. The van der Waals surface area contributed by atoms with E-state index in [0.717, 1.165) is 38.8 Å². The van der Waals surface area contributed by atoms with Gasteiger partial charge in [0.25, 0.3) is 11.8 Å². The summed E-state index contributed by atoms with van der Waals surface area (Å²) in [5, 5.41) is 0. The van der Waals surface area contributed by atoms with E-state index in [1.807, 2.05) is 4.90 Å². The summed E-state index contributed by atoms with van der Waals surface area (Å²) in [7, 11) is 3.44. The van der Waals surface area contributed by atoms with Gasteiger partial charge in [0.05, 0.1) is 12.1 Å². The van der Waals surface area contributed by atoms with Crippen LogP contribution in [0.25, 0.3) is 0 Å². The van der Waals surface area contributed by atoms with Crippen molar-refractivity contribution in [3.05, 3.63) is 0 Å². The fourth-order valence-electron chi connectivity index (χ4n) is 3.91. The Morgan fingerprint density at radius 3 is 2.59 bits per heavy atom. The van der Waals surface area contributed by atoms with Crippen LogP contribution >= 0.6 is 0 Å². The van der Waals surface area contributed by atoms with Gasteiger partial charge in [-0.2, -0.15) is 0 Å². The van der Waals surface area contributed by atoms with E-state index in [1.54, 1.807) is 14.1 Å². The minimum atomic E-state index is -0.468. The molecule has 0 bridgehead atoms. The smallest absolute Gasteiger partial charge is 0.252 e. The predicted octanol–water partition coefficient (Wildman–Crippen LogP) is 0.794. The molecule has 22 heavy (non-hydrogen) atoms. The number of piperidine rings is 1. The number of hydrogen-bond acceptors (Lipinski definition) is 4. The number of rotatable bonds is 2. The van der Waals surface area contributed by atoms with Crippen molar-refractivity contribution in [2.75, 3.05) is 33.9 Å². The summed E-state index contributed by atoms with van der Waals surface area (Å²) < 4.78 is 11.4. The second-order valence-corrected chi connectivity index (χ2v) is 6.90. The quantitative estimate of drug-likeness (QED) is 0.757. The first-order valence-corrected chi connectivity index (χ1v) is 8.29. The molecule has 3 aliphatic rings. The number of hydrogen-bond donors (Lipinski definition) is 0. The molecular formula is C16H26N2O4. The van der Waals surface area contributed by atoms with Crippen molar-refractivity contribution in [2.45, 2.75) is 56.3 Å². The van der Waals surface area contributed by atoms with Crippen molar-refractivity contribution in [3.63, 3.8) is 0 Å². The van der Waals surface area contributed by atoms with E-state index in [0.29, 0.717) is 19.4 Å². The molecule has 1 unspecified atom stereocenters. The lowest BCUT2D eigenvalue weighted by molar-refractivity contribution is -0.156. The number of likely N-dealkylation sites (tertiary alicyclic amines) is 1. The van der Waals surface area contributed by atoms with Crippen molar-refractivity contribution in [2.24, 2.45) is 0 Å². The van der Waals surface area contributed by atoms with Crippen molar-refractivity contribution >= 4 is 11.8 Å². The van der Waals surface area contributed by atoms with Crippen LogP contribution in [0.2, 0.25) is 0 Å².